The number of hydrogen-bond acceptors (Lipinski definition) is 3. The van der Waals surface area contributed by atoms with Crippen LogP contribution in [0.3, 0.4) is 0 Å². The van der Waals surface area contributed by atoms with Crippen LogP contribution in [-0.4, -0.2) is 32.1 Å². The molecule has 1 aromatic carbocycles. The van der Waals surface area contributed by atoms with E-state index in [1.54, 1.807) is 0 Å². The maximum absolute atomic E-state index is 11.3. The third-order valence-electron chi connectivity index (χ3n) is 2.23. The lowest BCUT2D eigenvalue weighted by Crippen LogP contribution is -2.24. The first-order chi connectivity index (χ1) is 7.94. The van der Waals surface area contributed by atoms with Crippen LogP contribution in [-0.2, 0) is 23.1 Å². The zero-order valence-corrected chi connectivity index (χ0v) is 12.4. The lowest BCUT2D eigenvalue weighted by molar-refractivity contribution is 0.401. The van der Waals surface area contributed by atoms with Gasteiger partial charge in [-0.2, -0.15) is 0 Å². The minimum atomic E-state index is -3.21. The summed E-state index contributed by atoms with van der Waals surface area (Å²) >= 11 is 2.94. The van der Waals surface area contributed by atoms with E-state index in [2.05, 4.69) is 25.6 Å². The second-order valence-electron chi connectivity index (χ2n) is 4.05. The number of rotatable bonds is 6. The highest BCUT2D eigenvalue weighted by molar-refractivity contribution is 9.10. The Morgan fingerprint density at radius 3 is 2.35 bits per heavy atom. The Hall–Kier alpha value is -0.430. The molecule has 0 spiro atoms. The molecular weight excluding hydrogens is 304 g/mol. The summed E-state index contributed by atoms with van der Waals surface area (Å²) < 4.78 is 25.1. The number of nitrogens with one attached hydrogen (secondary N) is 1. The number of alkyl halides is 1. The van der Waals surface area contributed by atoms with Gasteiger partial charge in [-0.1, -0.05) is 40.2 Å². The van der Waals surface area contributed by atoms with E-state index in [0.717, 1.165) is 17.7 Å². The Kier molecular flexibility index (Phi) is 5.58. The minimum Gasteiger partial charge on any atom is -0.305 e. The molecular formula is C11H17BrN2O2S. The zero-order chi connectivity index (χ0) is 12.9. The highest BCUT2D eigenvalue weighted by Gasteiger charge is 2.09. The molecule has 0 aliphatic carbocycles. The monoisotopic (exact) mass is 320 g/mol. The summed E-state index contributed by atoms with van der Waals surface area (Å²) in [5, 5.41) is 0. The Morgan fingerprint density at radius 2 is 1.82 bits per heavy atom. The van der Waals surface area contributed by atoms with Crippen LogP contribution in [0, 0.1) is 0 Å². The van der Waals surface area contributed by atoms with Gasteiger partial charge in [-0.25, -0.2) is 13.1 Å². The van der Waals surface area contributed by atoms with Crippen molar-refractivity contribution in [3.8, 4) is 0 Å². The molecule has 0 amide bonds. The predicted molar refractivity (Wildman–Crippen MR) is 73.4 cm³/mol. The van der Waals surface area contributed by atoms with E-state index in [9.17, 15) is 8.42 Å². The van der Waals surface area contributed by atoms with Gasteiger partial charge in [0.1, 0.15) is 4.66 Å². The van der Waals surface area contributed by atoms with E-state index >= 15 is 0 Å². The maximum Gasteiger partial charge on any atom is 0.221 e. The normalized spacial score (nSPS) is 12.0. The van der Waals surface area contributed by atoms with E-state index in [1.807, 2.05) is 38.4 Å². The molecule has 0 radical (unpaired) electrons. The molecule has 0 saturated carbocycles. The SMILES string of the molecule is CN(C)Cc1ccccc1CNS(=O)(=O)CBr. The standard InChI is InChI=1S/C11H17BrN2O2S/c1-14(2)8-11-6-4-3-5-10(11)7-13-17(15,16)9-12/h3-6,13H,7-9H2,1-2H3. The lowest BCUT2D eigenvalue weighted by Gasteiger charge is -2.14. The molecule has 4 nitrogen and oxygen atoms in total. The highest BCUT2D eigenvalue weighted by Crippen LogP contribution is 2.10. The van der Waals surface area contributed by atoms with Gasteiger partial charge in [-0.05, 0) is 25.2 Å². The largest absolute Gasteiger partial charge is 0.305 e. The average molecular weight is 321 g/mol. The lowest BCUT2D eigenvalue weighted by atomic mass is 10.1. The smallest absolute Gasteiger partial charge is 0.221 e. The van der Waals surface area contributed by atoms with Crippen LogP contribution in [0.4, 0.5) is 0 Å². The molecule has 1 aromatic rings. The van der Waals surface area contributed by atoms with Crippen molar-refractivity contribution < 1.29 is 8.42 Å². The van der Waals surface area contributed by atoms with Crippen molar-refractivity contribution in [1.82, 2.24) is 9.62 Å². The molecule has 0 heterocycles. The van der Waals surface area contributed by atoms with Crippen LogP contribution in [0.2, 0.25) is 0 Å². The average Bonchev–Trinajstić information content (AvgIpc) is 2.27. The second-order valence-corrected chi connectivity index (χ2v) is 7.16. The van der Waals surface area contributed by atoms with Crippen LogP contribution in [0.25, 0.3) is 0 Å². The molecule has 96 valence electrons. The van der Waals surface area contributed by atoms with Crippen molar-refractivity contribution in [2.45, 2.75) is 13.1 Å². The first kappa shape index (κ1) is 14.6. The summed E-state index contributed by atoms with van der Waals surface area (Å²) in [7, 11) is 0.761. The zero-order valence-electron chi connectivity index (χ0n) is 9.98. The Labute approximate surface area is 111 Å². The van der Waals surface area contributed by atoms with Gasteiger partial charge < -0.3 is 4.90 Å². The van der Waals surface area contributed by atoms with E-state index in [4.69, 9.17) is 0 Å². The van der Waals surface area contributed by atoms with E-state index in [1.165, 1.54) is 0 Å². The van der Waals surface area contributed by atoms with Gasteiger partial charge in [0, 0.05) is 13.1 Å². The van der Waals surface area contributed by atoms with Crippen LogP contribution in [0.15, 0.2) is 24.3 Å². The number of halogens is 1. The number of benzene rings is 1. The molecule has 0 saturated heterocycles. The number of sulfonamides is 1. The first-order valence-electron chi connectivity index (χ1n) is 5.19. The van der Waals surface area contributed by atoms with Gasteiger partial charge in [0.05, 0.1) is 0 Å². The van der Waals surface area contributed by atoms with Crippen molar-refractivity contribution in [1.29, 1.82) is 0 Å². The molecule has 0 fully saturated rings. The van der Waals surface area contributed by atoms with Gasteiger partial charge in [-0.3, -0.25) is 0 Å². The van der Waals surface area contributed by atoms with Crippen LogP contribution < -0.4 is 4.72 Å². The van der Waals surface area contributed by atoms with Crippen molar-refractivity contribution >= 4 is 26.0 Å². The number of nitrogens with zero attached hydrogens (tertiary/aromatic N) is 1. The van der Waals surface area contributed by atoms with E-state index < -0.39 is 10.0 Å². The van der Waals surface area contributed by atoms with Gasteiger partial charge in [-0.15, -0.1) is 0 Å². The Bertz CT molecular complexity index is 460. The number of hydrogen-bond donors (Lipinski definition) is 1. The van der Waals surface area contributed by atoms with Gasteiger partial charge in [0.25, 0.3) is 0 Å². The van der Waals surface area contributed by atoms with Crippen LogP contribution >= 0.6 is 15.9 Å². The molecule has 0 unspecified atom stereocenters. The van der Waals surface area contributed by atoms with Gasteiger partial charge >= 0.3 is 0 Å². The molecule has 6 heteroatoms. The quantitative estimate of drug-likeness (QED) is 0.808. The van der Waals surface area contributed by atoms with Crippen LogP contribution in [0.1, 0.15) is 11.1 Å². The fourth-order valence-corrected chi connectivity index (χ4v) is 2.39. The molecule has 0 aliphatic rings. The summed E-state index contributed by atoms with van der Waals surface area (Å²) in [5.41, 5.74) is 2.14. The fraction of sp³-hybridized carbons (Fsp3) is 0.455. The van der Waals surface area contributed by atoms with Crippen molar-refractivity contribution in [3.63, 3.8) is 0 Å². The molecule has 0 aliphatic heterocycles. The summed E-state index contributed by atoms with van der Waals surface area (Å²) in [4.78, 5) is 2.05. The van der Waals surface area contributed by atoms with Crippen molar-refractivity contribution in [3.05, 3.63) is 35.4 Å². The van der Waals surface area contributed by atoms with Crippen LogP contribution in [0.5, 0.6) is 0 Å². The topological polar surface area (TPSA) is 49.4 Å². The fourth-order valence-electron chi connectivity index (χ4n) is 1.45. The van der Waals surface area contributed by atoms with Crippen molar-refractivity contribution in [2.24, 2.45) is 0 Å². The molecule has 1 N–H and O–H groups in total. The second kappa shape index (κ2) is 6.49. The summed E-state index contributed by atoms with van der Waals surface area (Å²) in [6.45, 7) is 1.13. The first-order valence-corrected chi connectivity index (χ1v) is 7.97. The molecule has 17 heavy (non-hydrogen) atoms. The summed E-state index contributed by atoms with van der Waals surface area (Å²) in [6, 6.07) is 7.82. The highest BCUT2D eigenvalue weighted by atomic mass is 79.9. The van der Waals surface area contributed by atoms with E-state index in [0.29, 0.717) is 6.54 Å². The third-order valence-corrected chi connectivity index (χ3v) is 4.91. The van der Waals surface area contributed by atoms with Gasteiger partial charge in [0.2, 0.25) is 10.0 Å². The molecule has 1 rings (SSSR count). The third kappa shape index (κ3) is 5.16. The van der Waals surface area contributed by atoms with Crippen molar-refractivity contribution in [2.75, 3.05) is 18.8 Å². The van der Waals surface area contributed by atoms with Gasteiger partial charge in [0.15, 0.2) is 0 Å². The summed E-state index contributed by atoms with van der Waals surface area (Å²) in [5.74, 6) is 0. The summed E-state index contributed by atoms with van der Waals surface area (Å²) in [6.07, 6.45) is 0. The maximum atomic E-state index is 11.3. The molecule has 0 atom stereocenters. The molecule has 0 bridgehead atoms. The minimum absolute atomic E-state index is 0.0736. The van der Waals surface area contributed by atoms with E-state index in [-0.39, 0.29) is 4.66 Å². The predicted octanol–water partition coefficient (Wildman–Crippen LogP) is 1.52. The molecule has 0 aromatic heterocycles. The Balaban J connectivity index is 2.77. The Morgan fingerprint density at radius 1 is 1.24 bits per heavy atom.